The van der Waals surface area contributed by atoms with Gasteiger partial charge < -0.3 is 26.3 Å². The molecule has 40 heavy (non-hydrogen) atoms. The summed E-state index contributed by atoms with van der Waals surface area (Å²) in [5.74, 6) is -1.25. The van der Waals surface area contributed by atoms with Crippen molar-refractivity contribution < 1.29 is 23.9 Å². The molecular formula is C29H36N6O5. The first-order valence-electron chi connectivity index (χ1n) is 12.8. The average Bonchev–Trinajstić information content (AvgIpc) is 2.83. The van der Waals surface area contributed by atoms with Crippen LogP contribution in [0.2, 0.25) is 0 Å². The zero-order valence-corrected chi connectivity index (χ0v) is 23.6. The van der Waals surface area contributed by atoms with Crippen molar-refractivity contribution in [2.75, 3.05) is 11.5 Å². The molecule has 3 rings (SSSR count). The van der Waals surface area contributed by atoms with Gasteiger partial charge in [0.15, 0.2) is 5.65 Å². The molecule has 2 heterocycles. The predicted octanol–water partition coefficient (Wildman–Crippen LogP) is 3.92. The lowest BCUT2D eigenvalue weighted by Crippen LogP contribution is -2.44. The highest BCUT2D eigenvalue weighted by Crippen LogP contribution is 2.20. The fraction of sp³-hybridized carbons (Fsp3) is 0.379. The van der Waals surface area contributed by atoms with Crippen molar-refractivity contribution in [3.63, 3.8) is 0 Å². The van der Waals surface area contributed by atoms with E-state index in [2.05, 4.69) is 20.3 Å². The minimum atomic E-state index is -1.02. The summed E-state index contributed by atoms with van der Waals surface area (Å²) in [6.07, 6.45) is 5.31. The lowest BCUT2D eigenvalue weighted by Gasteiger charge is -2.25. The normalized spacial score (nSPS) is 12.8. The Morgan fingerprint density at radius 1 is 0.925 bits per heavy atom. The van der Waals surface area contributed by atoms with Crippen molar-refractivity contribution in [1.29, 1.82) is 0 Å². The highest BCUT2D eigenvalue weighted by atomic mass is 16.6. The molecule has 0 unspecified atom stereocenters. The smallest absolute Gasteiger partial charge is 0.329 e. The number of anilines is 2. The number of carbonyl (C=O) groups excluding carboxylic acids is 3. The van der Waals surface area contributed by atoms with Crippen LogP contribution in [0, 0.1) is 0 Å². The third-order valence-electron chi connectivity index (χ3n) is 5.31. The van der Waals surface area contributed by atoms with Gasteiger partial charge in [-0.05, 0) is 77.3 Å². The maximum absolute atomic E-state index is 13.0. The summed E-state index contributed by atoms with van der Waals surface area (Å²) in [4.78, 5) is 50.3. The maximum atomic E-state index is 13.0. The molecule has 3 aromatic rings. The fourth-order valence-corrected chi connectivity index (χ4v) is 3.62. The minimum absolute atomic E-state index is 0.0400. The van der Waals surface area contributed by atoms with Gasteiger partial charge in [-0.2, -0.15) is 9.97 Å². The molecule has 0 spiro atoms. The molecule has 0 saturated heterocycles. The standard InChI is InChI=1S/C29H36N6O5/c1-28(2,3)39-22(36)14-13-21(26(38)40-29(4,5)6)33-25(37)19-11-9-17(10-12-19)7-8-18-15-20-23(30)34-27(31)35-24(20)32-16-18/h7-12,15-16,21H,13-14H2,1-6H3,(H,33,37)(H4,30,31,32,34,35)/t21-/m0/s1. The first kappa shape index (κ1) is 30.0. The Morgan fingerprint density at radius 2 is 1.55 bits per heavy atom. The molecule has 5 N–H and O–H groups in total. The number of esters is 2. The first-order chi connectivity index (χ1) is 18.6. The van der Waals surface area contributed by atoms with E-state index in [0.29, 0.717) is 16.6 Å². The molecule has 1 atom stereocenters. The molecule has 0 radical (unpaired) electrons. The molecule has 0 saturated carbocycles. The van der Waals surface area contributed by atoms with Gasteiger partial charge in [0.05, 0.1) is 5.39 Å². The quantitative estimate of drug-likeness (QED) is 0.350. The van der Waals surface area contributed by atoms with Crippen molar-refractivity contribution in [3.05, 3.63) is 53.2 Å². The predicted molar refractivity (Wildman–Crippen MR) is 154 cm³/mol. The van der Waals surface area contributed by atoms with Crippen LogP contribution in [-0.4, -0.2) is 50.0 Å². The van der Waals surface area contributed by atoms with E-state index in [9.17, 15) is 14.4 Å². The summed E-state index contributed by atoms with van der Waals surface area (Å²) in [6.45, 7) is 10.5. The van der Waals surface area contributed by atoms with Crippen LogP contribution in [0.1, 0.15) is 75.9 Å². The van der Waals surface area contributed by atoms with E-state index in [1.165, 1.54) is 0 Å². The lowest BCUT2D eigenvalue weighted by molar-refractivity contribution is -0.158. The summed E-state index contributed by atoms with van der Waals surface area (Å²) in [6, 6.07) is 7.60. The van der Waals surface area contributed by atoms with Gasteiger partial charge >= 0.3 is 11.9 Å². The number of aromatic nitrogens is 3. The van der Waals surface area contributed by atoms with Crippen LogP contribution in [0.25, 0.3) is 23.2 Å². The van der Waals surface area contributed by atoms with Crippen molar-refractivity contribution in [2.45, 2.75) is 71.6 Å². The minimum Gasteiger partial charge on any atom is -0.460 e. The second kappa shape index (κ2) is 12.1. The Morgan fingerprint density at radius 3 is 2.17 bits per heavy atom. The summed E-state index contributed by atoms with van der Waals surface area (Å²) in [5, 5.41) is 3.29. The van der Waals surface area contributed by atoms with Crippen molar-refractivity contribution >= 4 is 52.8 Å². The molecule has 11 nitrogen and oxygen atoms in total. The number of nitrogens with two attached hydrogens (primary N) is 2. The number of ether oxygens (including phenoxy) is 2. The number of rotatable bonds is 8. The van der Waals surface area contributed by atoms with Crippen LogP contribution in [-0.2, 0) is 19.1 Å². The van der Waals surface area contributed by atoms with Crippen LogP contribution >= 0.6 is 0 Å². The monoisotopic (exact) mass is 548 g/mol. The maximum Gasteiger partial charge on any atom is 0.329 e. The number of hydrogen-bond acceptors (Lipinski definition) is 10. The van der Waals surface area contributed by atoms with Gasteiger partial charge in [-0.3, -0.25) is 9.59 Å². The second-order valence-electron chi connectivity index (χ2n) is 11.2. The zero-order chi connectivity index (χ0) is 29.7. The van der Waals surface area contributed by atoms with E-state index in [-0.39, 0.29) is 24.6 Å². The Labute approximate surface area is 233 Å². The Kier molecular flexibility index (Phi) is 9.08. The third kappa shape index (κ3) is 9.04. The zero-order valence-electron chi connectivity index (χ0n) is 23.6. The molecule has 1 aromatic carbocycles. The van der Waals surface area contributed by atoms with Gasteiger partial charge in [-0.1, -0.05) is 24.3 Å². The highest BCUT2D eigenvalue weighted by molar-refractivity contribution is 5.97. The second-order valence-corrected chi connectivity index (χ2v) is 11.2. The van der Waals surface area contributed by atoms with Gasteiger partial charge in [0.2, 0.25) is 5.95 Å². The number of nitrogens with zero attached hydrogens (tertiary/aromatic N) is 3. The van der Waals surface area contributed by atoms with Crippen molar-refractivity contribution in [3.8, 4) is 0 Å². The SMILES string of the molecule is CC(C)(C)OC(=O)CC[C@H](NC(=O)c1ccc(C=Cc2cnc3nc(N)nc(N)c3c2)cc1)C(=O)OC(C)(C)C. The van der Waals surface area contributed by atoms with Gasteiger partial charge in [0.1, 0.15) is 23.1 Å². The molecular weight excluding hydrogens is 512 g/mol. The van der Waals surface area contributed by atoms with Gasteiger partial charge in [0.25, 0.3) is 5.91 Å². The number of hydrogen-bond donors (Lipinski definition) is 3. The van der Waals surface area contributed by atoms with E-state index in [0.717, 1.165) is 11.1 Å². The van der Waals surface area contributed by atoms with Crippen LogP contribution in [0.15, 0.2) is 36.5 Å². The van der Waals surface area contributed by atoms with E-state index in [1.54, 1.807) is 72.0 Å². The molecule has 0 aliphatic carbocycles. The van der Waals surface area contributed by atoms with E-state index >= 15 is 0 Å². The van der Waals surface area contributed by atoms with Crippen LogP contribution < -0.4 is 16.8 Å². The molecule has 0 aliphatic rings. The molecule has 0 fully saturated rings. The number of fused-ring (bicyclic) bond motifs is 1. The average molecular weight is 549 g/mol. The van der Waals surface area contributed by atoms with Crippen LogP contribution in [0.3, 0.4) is 0 Å². The largest absolute Gasteiger partial charge is 0.460 e. The first-order valence-corrected chi connectivity index (χ1v) is 12.8. The molecule has 0 aliphatic heterocycles. The van der Waals surface area contributed by atoms with Crippen LogP contribution in [0.4, 0.5) is 11.8 Å². The van der Waals surface area contributed by atoms with Gasteiger partial charge in [-0.15, -0.1) is 0 Å². The number of pyridine rings is 1. The number of nitrogens with one attached hydrogen (secondary N) is 1. The summed E-state index contributed by atoms with van der Waals surface area (Å²) in [7, 11) is 0. The molecule has 0 bridgehead atoms. The van der Waals surface area contributed by atoms with Crippen molar-refractivity contribution in [1.82, 2.24) is 20.3 Å². The van der Waals surface area contributed by atoms with Gasteiger partial charge in [-0.25, -0.2) is 9.78 Å². The molecule has 2 aromatic heterocycles. The van der Waals surface area contributed by atoms with Crippen LogP contribution in [0.5, 0.6) is 0 Å². The molecule has 1 amide bonds. The Bertz CT molecular complexity index is 1420. The van der Waals surface area contributed by atoms with E-state index in [1.807, 2.05) is 18.2 Å². The summed E-state index contributed by atoms with van der Waals surface area (Å²) >= 11 is 0. The fourth-order valence-electron chi connectivity index (χ4n) is 3.62. The van der Waals surface area contributed by atoms with Crippen molar-refractivity contribution in [2.24, 2.45) is 0 Å². The van der Waals surface area contributed by atoms with E-state index < -0.39 is 35.1 Å². The number of nitrogen functional groups attached to an aromatic ring is 2. The number of benzene rings is 1. The molecule has 11 heteroatoms. The third-order valence-corrected chi connectivity index (χ3v) is 5.31. The number of amides is 1. The topological polar surface area (TPSA) is 172 Å². The number of carbonyl (C=O) groups is 3. The van der Waals surface area contributed by atoms with Gasteiger partial charge in [0, 0.05) is 18.2 Å². The highest BCUT2D eigenvalue weighted by Gasteiger charge is 2.28. The lowest BCUT2D eigenvalue weighted by atomic mass is 10.1. The summed E-state index contributed by atoms with van der Waals surface area (Å²) in [5.41, 5.74) is 12.5. The Hall–Kier alpha value is -4.54. The summed E-state index contributed by atoms with van der Waals surface area (Å²) < 4.78 is 10.8. The Balaban J connectivity index is 1.69. The van der Waals surface area contributed by atoms with E-state index in [4.69, 9.17) is 20.9 Å². The molecule has 212 valence electrons.